The minimum atomic E-state index is 0.169. The molecular formula is C10H15NO. The summed E-state index contributed by atoms with van der Waals surface area (Å²) in [5.41, 5.74) is 0.748. The smallest absolute Gasteiger partial charge is 0.162 e. The molecule has 0 amide bonds. The minimum absolute atomic E-state index is 0.169. The first-order chi connectivity index (χ1) is 5.84. The zero-order valence-electron chi connectivity index (χ0n) is 7.87. The van der Waals surface area contributed by atoms with Gasteiger partial charge < -0.3 is 0 Å². The van der Waals surface area contributed by atoms with Gasteiger partial charge in [-0.3, -0.25) is 9.78 Å². The first kappa shape index (κ1) is 10.8. The van der Waals surface area contributed by atoms with Crippen LogP contribution in [0.15, 0.2) is 24.5 Å². The van der Waals surface area contributed by atoms with Crippen molar-refractivity contribution < 1.29 is 4.79 Å². The van der Waals surface area contributed by atoms with E-state index < -0.39 is 0 Å². The fourth-order valence-corrected chi connectivity index (χ4v) is 0.742. The van der Waals surface area contributed by atoms with Gasteiger partial charge in [-0.25, -0.2) is 0 Å². The molecule has 2 nitrogen and oxygen atoms in total. The molecular weight excluding hydrogens is 150 g/mol. The molecule has 0 aliphatic heterocycles. The van der Waals surface area contributed by atoms with Crippen molar-refractivity contribution in [3.8, 4) is 0 Å². The van der Waals surface area contributed by atoms with E-state index in [1.54, 1.807) is 24.5 Å². The highest BCUT2D eigenvalue weighted by Crippen LogP contribution is 1.99. The summed E-state index contributed by atoms with van der Waals surface area (Å²) < 4.78 is 0. The third-order valence-corrected chi connectivity index (χ3v) is 1.32. The molecule has 66 valence electrons. The van der Waals surface area contributed by atoms with E-state index in [9.17, 15) is 4.79 Å². The minimum Gasteiger partial charge on any atom is -0.294 e. The van der Waals surface area contributed by atoms with Crippen LogP contribution in [-0.2, 0) is 0 Å². The zero-order valence-corrected chi connectivity index (χ0v) is 7.87. The van der Waals surface area contributed by atoms with Gasteiger partial charge in [0.2, 0.25) is 0 Å². The van der Waals surface area contributed by atoms with Crippen LogP contribution in [0.5, 0.6) is 0 Å². The Bertz CT molecular complexity index is 219. The lowest BCUT2D eigenvalue weighted by molar-refractivity contribution is 0.0988. The lowest BCUT2D eigenvalue weighted by Gasteiger charge is -1.93. The maximum absolute atomic E-state index is 11.0. The van der Waals surface area contributed by atoms with E-state index in [4.69, 9.17) is 0 Å². The summed E-state index contributed by atoms with van der Waals surface area (Å²) in [5.74, 6) is 0.169. The van der Waals surface area contributed by atoms with Crippen LogP contribution < -0.4 is 0 Å². The molecule has 0 atom stereocenters. The predicted molar refractivity (Wildman–Crippen MR) is 50.2 cm³/mol. The van der Waals surface area contributed by atoms with Gasteiger partial charge in [0.15, 0.2) is 5.78 Å². The number of carbonyl (C=O) groups is 1. The number of Topliss-reactive ketones (excluding diaryl/α,β-unsaturated/α-hetero) is 1. The third kappa shape index (κ3) is 3.28. The number of rotatable bonds is 2. The van der Waals surface area contributed by atoms with Crippen LogP contribution in [0.1, 0.15) is 37.6 Å². The number of ketones is 1. The van der Waals surface area contributed by atoms with Gasteiger partial charge in [0.25, 0.3) is 0 Å². The van der Waals surface area contributed by atoms with E-state index >= 15 is 0 Å². The summed E-state index contributed by atoms with van der Waals surface area (Å²) in [6.45, 7) is 5.85. The van der Waals surface area contributed by atoms with Gasteiger partial charge in [-0.05, 0) is 12.1 Å². The Morgan fingerprint density at radius 1 is 1.33 bits per heavy atom. The molecule has 1 heterocycles. The highest BCUT2D eigenvalue weighted by atomic mass is 16.1. The van der Waals surface area contributed by atoms with Crippen molar-refractivity contribution in [1.29, 1.82) is 0 Å². The maximum atomic E-state index is 11.0. The molecule has 0 aliphatic rings. The lowest BCUT2D eigenvalue weighted by atomic mass is 10.1. The number of carbonyl (C=O) groups excluding carboxylic acids is 1. The molecule has 0 saturated heterocycles. The monoisotopic (exact) mass is 165 g/mol. The number of hydrogen-bond acceptors (Lipinski definition) is 2. The van der Waals surface area contributed by atoms with E-state index in [2.05, 4.69) is 4.98 Å². The molecule has 0 fully saturated rings. The van der Waals surface area contributed by atoms with E-state index in [1.165, 1.54) is 0 Å². The average molecular weight is 165 g/mol. The zero-order chi connectivity index (χ0) is 9.40. The fraction of sp³-hybridized carbons (Fsp3) is 0.400. The first-order valence-electron chi connectivity index (χ1n) is 4.28. The van der Waals surface area contributed by atoms with Crippen LogP contribution in [0.2, 0.25) is 0 Å². The molecule has 0 bridgehead atoms. The first-order valence-corrected chi connectivity index (χ1v) is 4.28. The van der Waals surface area contributed by atoms with Gasteiger partial charge in [-0.2, -0.15) is 0 Å². The van der Waals surface area contributed by atoms with E-state index in [1.807, 2.05) is 20.8 Å². The topological polar surface area (TPSA) is 30.0 Å². The molecule has 2 heteroatoms. The quantitative estimate of drug-likeness (QED) is 0.631. The Balaban J connectivity index is 0.000000561. The number of aromatic nitrogens is 1. The summed E-state index contributed by atoms with van der Waals surface area (Å²) in [4.78, 5) is 14.8. The molecule has 0 radical (unpaired) electrons. The maximum Gasteiger partial charge on any atom is 0.162 e. The molecule has 0 aromatic carbocycles. The average Bonchev–Trinajstić information content (AvgIpc) is 2.21. The van der Waals surface area contributed by atoms with Crippen molar-refractivity contribution in [1.82, 2.24) is 4.98 Å². The van der Waals surface area contributed by atoms with Crippen molar-refractivity contribution in [2.45, 2.75) is 27.2 Å². The van der Waals surface area contributed by atoms with E-state index in [0.717, 1.165) is 5.56 Å². The number of nitrogens with zero attached hydrogens (tertiary/aromatic N) is 1. The second kappa shape index (κ2) is 6.53. The molecule has 1 aromatic heterocycles. The summed E-state index contributed by atoms with van der Waals surface area (Å²) in [6, 6.07) is 3.46. The van der Waals surface area contributed by atoms with Crippen molar-refractivity contribution in [2.75, 3.05) is 0 Å². The Hall–Kier alpha value is -1.18. The van der Waals surface area contributed by atoms with Gasteiger partial charge in [0.05, 0.1) is 0 Å². The lowest BCUT2D eigenvalue weighted by Crippen LogP contribution is -1.95. The summed E-state index contributed by atoms with van der Waals surface area (Å²) in [5, 5.41) is 0. The van der Waals surface area contributed by atoms with Crippen LogP contribution in [0.4, 0.5) is 0 Å². The van der Waals surface area contributed by atoms with Gasteiger partial charge in [-0.15, -0.1) is 0 Å². The molecule has 0 saturated carbocycles. The van der Waals surface area contributed by atoms with Crippen LogP contribution in [0.3, 0.4) is 0 Å². The fourth-order valence-electron chi connectivity index (χ4n) is 0.742. The second-order valence-corrected chi connectivity index (χ2v) is 2.01. The van der Waals surface area contributed by atoms with Crippen molar-refractivity contribution in [3.05, 3.63) is 30.1 Å². The third-order valence-electron chi connectivity index (χ3n) is 1.32. The molecule has 0 unspecified atom stereocenters. The molecule has 12 heavy (non-hydrogen) atoms. The van der Waals surface area contributed by atoms with Crippen molar-refractivity contribution in [2.24, 2.45) is 0 Å². The van der Waals surface area contributed by atoms with Gasteiger partial charge >= 0.3 is 0 Å². The Morgan fingerprint density at radius 2 is 1.83 bits per heavy atom. The number of pyridine rings is 1. The second-order valence-electron chi connectivity index (χ2n) is 2.01. The number of hydrogen-bond donors (Lipinski definition) is 0. The summed E-state index contributed by atoms with van der Waals surface area (Å²) >= 11 is 0. The van der Waals surface area contributed by atoms with Gasteiger partial charge in [0, 0.05) is 24.4 Å². The molecule has 0 spiro atoms. The normalized spacial score (nSPS) is 8.25. The summed E-state index contributed by atoms with van der Waals surface area (Å²) in [7, 11) is 0. The van der Waals surface area contributed by atoms with E-state index in [0.29, 0.717) is 6.42 Å². The van der Waals surface area contributed by atoms with Crippen molar-refractivity contribution in [3.63, 3.8) is 0 Å². The standard InChI is InChI=1S/C8H9NO.C2H6/c1-2-8(10)7-3-5-9-6-4-7;1-2/h3-6H,2H2,1H3;1-2H3. The summed E-state index contributed by atoms with van der Waals surface area (Å²) in [6.07, 6.45) is 3.82. The van der Waals surface area contributed by atoms with Gasteiger partial charge in [-0.1, -0.05) is 20.8 Å². The Morgan fingerprint density at radius 3 is 2.25 bits per heavy atom. The molecule has 0 aliphatic carbocycles. The van der Waals surface area contributed by atoms with Crippen LogP contribution in [-0.4, -0.2) is 10.8 Å². The van der Waals surface area contributed by atoms with Crippen LogP contribution in [0, 0.1) is 0 Å². The molecule has 0 N–H and O–H groups in total. The van der Waals surface area contributed by atoms with Crippen molar-refractivity contribution >= 4 is 5.78 Å². The SMILES string of the molecule is CC.CCC(=O)c1ccncc1. The van der Waals surface area contributed by atoms with Gasteiger partial charge in [0.1, 0.15) is 0 Å². The molecule has 1 rings (SSSR count). The molecule has 1 aromatic rings. The Labute approximate surface area is 73.6 Å². The highest BCUT2D eigenvalue weighted by molar-refractivity contribution is 5.95. The van der Waals surface area contributed by atoms with E-state index in [-0.39, 0.29) is 5.78 Å². The largest absolute Gasteiger partial charge is 0.294 e. The predicted octanol–water partition coefficient (Wildman–Crippen LogP) is 2.70. The Kier molecular flexibility index (Phi) is 5.88. The van der Waals surface area contributed by atoms with Crippen LogP contribution >= 0.6 is 0 Å². The highest BCUT2D eigenvalue weighted by Gasteiger charge is 1.98. The van der Waals surface area contributed by atoms with Crippen LogP contribution in [0.25, 0.3) is 0 Å².